The first-order valence-corrected chi connectivity index (χ1v) is 8.20. The summed E-state index contributed by atoms with van der Waals surface area (Å²) >= 11 is 0. The molecule has 0 aliphatic carbocycles. The largest absolute Gasteiger partial charge is 0.496 e. The van der Waals surface area contributed by atoms with Crippen LogP contribution in [0.5, 0.6) is 11.5 Å². The lowest BCUT2D eigenvalue weighted by Crippen LogP contribution is -2.02. The third-order valence-corrected chi connectivity index (χ3v) is 4.27. The lowest BCUT2D eigenvalue weighted by Gasteiger charge is -2.19. The van der Waals surface area contributed by atoms with Gasteiger partial charge in [-0.05, 0) is 35.7 Å². The van der Waals surface area contributed by atoms with Crippen LogP contribution in [0.15, 0.2) is 66.7 Å². The molecule has 0 saturated carbocycles. The van der Waals surface area contributed by atoms with Crippen molar-refractivity contribution in [1.29, 1.82) is 0 Å². The second-order valence-corrected chi connectivity index (χ2v) is 5.98. The van der Waals surface area contributed by atoms with Gasteiger partial charge in [0.2, 0.25) is 0 Å². The number of hydrogen-bond acceptors (Lipinski definition) is 3. The summed E-state index contributed by atoms with van der Waals surface area (Å²) in [5.74, 6) is 1.35. The number of benzene rings is 3. The van der Waals surface area contributed by atoms with Gasteiger partial charge in [0, 0.05) is 0 Å². The van der Waals surface area contributed by atoms with Gasteiger partial charge in [0.05, 0.1) is 19.8 Å². The minimum absolute atomic E-state index is 0.676. The predicted molar refractivity (Wildman–Crippen MR) is 100 cm³/mol. The first-order valence-electron chi connectivity index (χ1n) is 8.20. The van der Waals surface area contributed by atoms with E-state index in [0.717, 1.165) is 27.8 Å². The maximum absolute atomic E-state index is 10.7. The lowest BCUT2D eigenvalue weighted by molar-refractivity contribution is 0.219. The second kappa shape index (κ2) is 7.41. The molecule has 0 aliphatic heterocycles. The molecule has 3 aromatic rings. The third kappa shape index (κ3) is 3.52. The van der Waals surface area contributed by atoms with Crippen molar-refractivity contribution in [2.75, 3.05) is 14.2 Å². The molecule has 0 bridgehead atoms. The minimum atomic E-state index is -0.740. The van der Waals surface area contributed by atoms with Crippen LogP contribution in [0.25, 0.3) is 11.1 Å². The number of aliphatic hydroxyl groups is 1. The molecule has 0 spiro atoms. The Morgan fingerprint density at radius 2 is 1.40 bits per heavy atom. The fraction of sp³-hybridized carbons (Fsp3) is 0.182. The Morgan fingerprint density at radius 3 is 1.96 bits per heavy atom. The monoisotopic (exact) mass is 334 g/mol. The number of hydrogen-bond donors (Lipinski definition) is 1. The van der Waals surface area contributed by atoms with Gasteiger partial charge in [0.15, 0.2) is 0 Å². The molecule has 0 radical (unpaired) electrons. The molecule has 3 rings (SSSR count). The van der Waals surface area contributed by atoms with Gasteiger partial charge in [-0.15, -0.1) is 0 Å². The van der Waals surface area contributed by atoms with Gasteiger partial charge in [-0.25, -0.2) is 0 Å². The van der Waals surface area contributed by atoms with Crippen molar-refractivity contribution in [2.24, 2.45) is 0 Å². The molecule has 0 aromatic heterocycles. The van der Waals surface area contributed by atoms with E-state index in [4.69, 9.17) is 9.47 Å². The van der Waals surface area contributed by atoms with E-state index in [1.807, 2.05) is 54.6 Å². The van der Waals surface area contributed by atoms with Gasteiger partial charge in [0.25, 0.3) is 0 Å². The van der Waals surface area contributed by atoms with Crippen LogP contribution < -0.4 is 9.47 Å². The quantitative estimate of drug-likeness (QED) is 0.731. The molecule has 3 heteroatoms. The highest BCUT2D eigenvalue weighted by atomic mass is 16.5. The zero-order valence-electron chi connectivity index (χ0n) is 14.7. The Morgan fingerprint density at radius 1 is 0.760 bits per heavy atom. The number of aliphatic hydroxyl groups excluding tert-OH is 1. The van der Waals surface area contributed by atoms with Gasteiger partial charge in [0.1, 0.15) is 17.6 Å². The summed E-state index contributed by atoms with van der Waals surface area (Å²) in [5.41, 5.74) is 4.63. The number of ether oxygens (including phenoxy) is 2. The van der Waals surface area contributed by atoms with Gasteiger partial charge in [-0.1, -0.05) is 60.2 Å². The van der Waals surface area contributed by atoms with Crippen LogP contribution in [0, 0.1) is 6.92 Å². The summed E-state index contributed by atoms with van der Waals surface area (Å²) in [6.07, 6.45) is -0.740. The van der Waals surface area contributed by atoms with Crippen LogP contribution in [0.1, 0.15) is 22.8 Å². The third-order valence-electron chi connectivity index (χ3n) is 4.27. The molecule has 0 saturated heterocycles. The molecule has 3 nitrogen and oxygen atoms in total. The van der Waals surface area contributed by atoms with Crippen molar-refractivity contribution < 1.29 is 14.6 Å². The van der Waals surface area contributed by atoms with E-state index in [0.29, 0.717) is 11.5 Å². The van der Waals surface area contributed by atoms with Gasteiger partial charge in [-0.2, -0.15) is 0 Å². The topological polar surface area (TPSA) is 38.7 Å². The van der Waals surface area contributed by atoms with E-state index < -0.39 is 6.10 Å². The Balaban J connectivity index is 2.13. The second-order valence-electron chi connectivity index (χ2n) is 5.98. The van der Waals surface area contributed by atoms with E-state index in [2.05, 4.69) is 19.1 Å². The summed E-state index contributed by atoms with van der Waals surface area (Å²) in [6.45, 7) is 2.05. The normalized spacial score (nSPS) is 11.8. The Bertz CT molecular complexity index is 831. The standard InChI is InChI=1S/C22H22O3/c1-15-8-7-11-17(12-15)21-19(24-2)13-18(14-20(21)25-3)22(23)16-9-5-4-6-10-16/h4-14,22-23H,1-3H3. The predicted octanol–water partition coefficient (Wildman–Crippen LogP) is 4.76. The first-order chi connectivity index (χ1) is 12.1. The molecule has 1 atom stereocenters. The van der Waals surface area contributed by atoms with Crippen LogP contribution in [0.3, 0.4) is 0 Å². The van der Waals surface area contributed by atoms with Crippen LogP contribution in [-0.4, -0.2) is 19.3 Å². The molecule has 1 unspecified atom stereocenters. The molecule has 0 aliphatic rings. The average molecular weight is 334 g/mol. The van der Waals surface area contributed by atoms with E-state index >= 15 is 0 Å². The SMILES string of the molecule is COc1cc(C(O)c2ccccc2)cc(OC)c1-c1cccc(C)c1. The highest BCUT2D eigenvalue weighted by Gasteiger charge is 2.19. The Labute approximate surface area is 148 Å². The minimum Gasteiger partial charge on any atom is -0.496 e. The van der Waals surface area contributed by atoms with E-state index in [1.54, 1.807) is 14.2 Å². The summed E-state index contributed by atoms with van der Waals surface area (Å²) in [7, 11) is 3.26. The van der Waals surface area contributed by atoms with Crippen molar-refractivity contribution >= 4 is 0 Å². The fourth-order valence-electron chi connectivity index (χ4n) is 3.00. The Kier molecular flexibility index (Phi) is 5.05. The zero-order valence-corrected chi connectivity index (χ0v) is 14.7. The van der Waals surface area contributed by atoms with Crippen molar-refractivity contribution in [1.82, 2.24) is 0 Å². The van der Waals surface area contributed by atoms with Gasteiger partial charge >= 0.3 is 0 Å². The molecule has 25 heavy (non-hydrogen) atoms. The molecular weight excluding hydrogens is 312 g/mol. The molecule has 3 aromatic carbocycles. The molecule has 0 heterocycles. The van der Waals surface area contributed by atoms with Crippen LogP contribution in [0.2, 0.25) is 0 Å². The van der Waals surface area contributed by atoms with E-state index in [1.165, 1.54) is 0 Å². The fourth-order valence-corrected chi connectivity index (χ4v) is 3.00. The van der Waals surface area contributed by atoms with Crippen molar-refractivity contribution in [3.05, 3.63) is 83.4 Å². The number of aryl methyl sites for hydroxylation is 1. The van der Waals surface area contributed by atoms with E-state index in [-0.39, 0.29) is 0 Å². The van der Waals surface area contributed by atoms with Crippen molar-refractivity contribution in [2.45, 2.75) is 13.0 Å². The lowest BCUT2D eigenvalue weighted by atomic mass is 9.95. The molecule has 128 valence electrons. The molecule has 0 amide bonds. The summed E-state index contributed by atoms with van der Waals surface area (Å²) in [5, 5.41) is 10.7. The maximum Gasteiger partial charge on any atom is 0.130 e. The van der Waals surface area contributed by atoms with Crippen molar-refractivity contribution in [3.63, 3.8) is 0 Å². The Hall–Kier alpha value is -2.78. The molecular formula is C22H22O3. The first kappa shape index (κ1) is 17.1. The van der Waals surface area contributed by atoms with Gasteiger partial charge < -0.3 is 14.6 Å². The highest BCUT2D eigenvalue weighted by molar-refractivity contribution is 5.78. The maximum atomic E-state index is 10.7. The number of methoxy groups -OCH3 is 2. The molecule has 1 N–H and O–H groups in total. The zero-order chi connectivity index (χ0) is 17.8. The van der Waals surface area contributed by atoms with Crippen LogP contribution >= 0.6 is 0 Å². The van der Waals surface area contributed by atoms with Crippen LogP contribution in [-0.2, 0) is 0 Å². The van der Waals surface area contributed by atoms with Crippen LogP contribution in [0.4, 0.5) is 0 Å². The summed E-state index contributed by atoms with van der Waals surface area (Å²) in [4.78, 5) is 0. The van der Waals surface area contributed by atoms with Gasteiger partial charge in [-0.3, -0.25) is 0 Å². The number of rotatable bonds is 5. The highest BCUT2D eigenvalue weighted by Crippen LogP contribution is 2.41. The summed E-state index contributed by atoms with van der Waals surface area (Å²) in [6, 6.07) is 21.5. The average Bonchev–Trinajstić information content (AvgIpc) is 2.66. The van der Waals surface area contributed by atoms with Crippen molar-refractivity contribution in [3.8, 4) is 22.6 Å². The molecule has 0 fully saturated rings. The summed E-state index contributed by atoms with van der Waals surface area (Å²) < 4.78 is 11.2. The van der Waals surface area contributed by atoms with E-state index in [9.17, 15) is 5.11 Å². The smallest absolute Gasteiger partial charge is 0.130 e.